The molecule has 2 heterocycles. The molecule has 0 saturated carbocycles. The largest absolute Gasteiger partial charge is 0.460 e. The first-order valence-electron chi connectivity index (χ1n) is 14.9. The number of carbonyl (C=O) groups is 4. The van der Waals surface area contributed by atoms with Crippen LogP contribution in [0.2, 0.25) is 0 Å². The van der Waals surface area contributed by atoms with Crippen molar-refractivity contribution in [2.24, 2.45) is 0 Å². The lowest BCUT2D eigenvalue weighted by atomic mass is 10.1. The summed E-state index contributed by atoms with van der Waals surface area (Å²) in [7, 11) is 3.92. The van der Waals surface area contributed by atoms with Gasteiger partial charge in [-0.15, -0.1) is 0 Å². The highest BCUT2D eigenvalue weighted by Gasteiger charge is 2.32. The Bertz CT molecular complexity index is 1270. The van der Waals surface area contributed by atoms with E-state index in [1.165, 1.54) is 0 Å². The van der Waals surface area contributed by atoms with Gasteiger partial charge in [0.05, 0.1) is 6.61 Å². The van der Waals surface area contributed by atoms with E-state index in [0.717, 1.165) is 12.1 Å². The molecule has 1 unspecified atom stereocenters. The van der Waals surface area contributed by atoms with Crippen LogP contribution in [0.25, 0.3) is 11.4 Å². The van der Waals surface area contributed by atoms with Gasteiger partial charge in [0.1, 0.15) is 23.2 Å². The summed E-state index contributed by atoms with van der Waals surface area (Å²) in [6.45, 7) is 9.76. The van der Waals surface area contributed by atoms with Crippen molar-refractivity contribution >= 4 is 29.7 Å². The molecular formula is C31H45N7O6. The molecule has 2 aromatic rings. The molecule has 13 heteroatoms. The smallest absolute Gasteiger partial charge is 0.409 e. The molecule has 1 aromatic heterocycles. The molecule has 0 bridgehead atoms. The third kappa shape index (κ3) is 10.8. The van der Waals surface area contributed by atoms with E-state index in [9.17, 15) is 19.2 Å². The van der Waals surface area contributed by atoms with Gasteiger partial charge in [-0.05, 0) is 48.2 Å². The molecule has 1 aliphatic rings. The van der Waals surface area contributed by atoms with Crippen molar-refractivity contribution in [1.82, 2.24) is 30.0 Å². The maximum Gasteiger partial charge on any atom is 0.409 e. The van der Waals surface area contributed by atoms with Crippen molar-refractivity contribution in [2.45, 2.75) is 52.2 Å². The number of anilines is 1. The zero-order chi connectivity index (χ0) is 32.3. The van der Waals surface area contributed by atoms with Gasteiger partial charge in [0.25, 0.3) is 5.91 Å². The number of likely N-dealkylation sites (N-methyl/N-ethyl adjacent to an activating group) is 1. The van der Waals surface area contributed by atoms with E-state index in [1.54, 1.807) is 43.6 Å². The number of hydrogen-bond donors (Lipinski definition) is 2. The normalized spacial score (nSPS) is 14.2. The molecule has 0 radical (unpaired) electrons. The topological polar surface area (TPSA) is 146 Å². The molecule has 1 fully saturated rings. The number of piperazine rings is 1. The van der Waals surface area contributed by atoms with Crippen LogP contribution in [-0.4, -0.2) is 120 Å². The summed E-state index contributed by atoms with van der Waals surface area (Å²) >= 11 is 0. The van der Waals surface area contributed by atoms with Gasteiger partial charge < -0.3 is 34.8 Å². The van der Waals surface area contributed by atoms with Crippen LogP contribution in [-0.2, 0) is 19.1 Å². The summed E-state index contributed by atoms with van der Waals surface area (Å²) in [6, 6.07) is 9.82. The average Bonchev–Trinajstić information content (AvgIpc) is 2.98. The van der Waals surface area contributed by atoms with Crippen LogP contribution < -0.4 is 10.6 Å². The number of nitrogens with zero attached hydrogens (tertiary/aromatic N) is 5. The zero-order valence-corrected chi connectivity index (χ0v) is 26.6. The fraction of sp³-hybridized carbons (Fsp3) is 0.548. The average molecular weight is 612 g/mol. The monoisotopic (exact) mass is 611 g/mol. The first kappa shape index (κ1) is 34.2. The van der Waals surface area contributed by atoms with Gasteiger partial charge in [-0.3, -0.25) is 14.4 Å². The fourth-order valence-corrected chi connectivity index (χ4v) is 4.47. The van der Waals surface area contributed by atoms with Crippen LogP contribution in [0.4, 0.5) is 10.6 Å². The second kappa shape index (κ2) is 16.0. The van der Waals surface area contributed by atoms with Crippen molar-refractivity contribution in [3.63, 3.8) is 0 Å². The summed E-state index contributed by atoms with van der Waals surface area (Å²) in [5, 5.41) is 6.06. The maximum atomic E-state index is 13.7. The number of esters is 1. The number of rotatable bonds is 12. The molecule has 13 nitrogen and oxygen atoms in total. The van der Waals surface area contributed by atoms with E-state index in [-0.39, 0.29) is 44.1 Å². The Morgan fingerprint density at radius 1 is 1.00 bits per heavy atom. The molecule has 3 rings (SSSR count). The standard InChI is InChI=1S/C31H45N7O6/c1-7-43-30(42)38-19-17-37(18-20-38)29(41)23(13-14-26(39)44-31(2,3)4)34-28(40)24-21-25(32-15-16-36(5)6)35-27(33-24)22-11-9-8-10-12-22/h8-12,21,23H,7,13-20H2,1-6H3,(H,34,40)(H,32,33,35). The number of hydrogen-bond acceptors (Lipinski definition) is 10. The van der Waals surface area contributed by atoms with Crippen LogP contribution in [0.1, 0.15) is 51.0 Å². The summed E-state index contributed by atoms with van der Waals surface area (Å²) in [5.41, 5.74) is 0.122. The summed E-state index contributed by atoms with van der Waals surface area (Å²) < 4.78 is 10.5. The number of aromatic nitrogens is 2. The highest BCUT2D eigenvalue weighted by molar-refractivity contribution is 5.97. The first-order valence-corrected chi connectivity index (χ1v) is 14.9. The van der Waals surface area contributed by atoms with Crippen molar-refractivity contribution in [2.75, 3.05) is 65.3 Å². The summed E-state index contributed by atoms with van der Waals surface area (Å²) in [6.07, 6.45) is -0.475. The molecule has 1 aliphatic heterocycles. The molecule has 1 aromatic carbocycles. The predicted octanol–water partition coefficient (Wildman–Crippen LogP) is 2.64. The van der Waals surface area contributed by atoms with Gasteiger partial charge in [0, 0.05) is 57.3 Å². The van der Waals surface area contributed by atoms with E-state index in [0.29, 0.717) is 31.3 Å². The summed E-state index contributed by atoms with van der Waals surface area (Å²) in [5.74, 6) is -0.577. The van der Waals surface area contributed by atoms with Gasteiger partial charge in [0.15, 0.2) is 5.82 Å². The Balaban J connectivity index is 1.82. The van der Waals surface area contributed by atoms with E-state index in [1.807, 2.05) is 49.3 Å². The van der Waals surface area contributed by atoms with Crippen LogP contribution >= 0.6 is 0 Å². The second-order valence-electron chi connectivity index (χ2n) is 11.7. The van der Waals surface area contributed by atoms with Crippen LogP contribution in [0.5, 0.6) is 0 Å². The van der Waals surface area contributed by atoms with Crippen molar-refractivity contribution in [3.8, 4) is 11.4 Å². The maximum absolute atomic E-state index is 13.7. The quantitative estimate of drug-likeness (QED) is 0.344. The highest BCUT2D eigenvalue weighted by Crippen LogP contribution is 2.19. The van der Waals surface area contributed by atoms with Gasteiger partial charge in [-0.1, -0.05) is 30.3 Å². The lowest BCUT2D eigenvalue weighted by Crippen LogP contribution is -2.56. The highest BCUT2D eigenvalue weighted by atomic mass is 16.6. The molecule has 44 heavy (non-hydrogen) atoms. The summed E-state index contributed by atoms with van der Waals surface area (Å²) in [4.78, 5) is 66.3. The van der Waals surface area contributed by atoms with Crippen molar-refractivity contribution in [1.29, 1.82) is 0 Å². The van der Waals surface area contributed by atoms with E-state index >= 15 is 0 Å². The Hall–Kier alpha value is -4.26. The lowest BCUT2D eigenvalue weighted by Gasteiger charge is -2.36. The predicted molar refractivity (Wildman–Crippen MR) is 166 cm³/mol. The van der Waals surface area contributed by atoms with Crippen LogP contribution in [0, 0.1) is 0 Å². The van der Waals surface area contributed by atoms with Gasteiger partial charge in [-0.25, -0.2) is 14.8 Å². The number of nitrogens with one attached hydrogen (secondary N) is 2. The first-order chi connectivity index (χ1) is 20.9. The Morgan fingerprint density at radius 2 is 1.66 bits per heavy atom. The van der Waals surface area contributed by atoms with E-state index in [2.05, 4.69) is 20.6 Å². The minimum absolute atomic E-state index is 0.0299. The lowest BCUT2D eigenvalue weighted by molar-refractivity contribution is -0.155. The van der Waals surface area contributed by atoms with Crippen LogP contribution in [0.3, 0.4) is 0 Å². The number of carbonyl (C=O) groups excluding carboxylic acids is 4. The molecule has 0 aliphatic carbocycles. The molecule has 3 amide bonds. The second-order valence-corrected chi connectivity index (χ2v) is 11.7. The minimum atomic E-state index is -1.02. The Kier molecular flexibility index (Phi) is 12.4. The molecule has 240 valence electrons. The SMILES string of the molecule is CCOC(=O)N1CCN(C(=O)C(CCC(=O)OC(C)(C)C)NC(=O)c2cc(NCCN(C)C)nc(-c3ccccc3)n2)CC1. The minimum Gasteiger partial charge on any atom is -0.460 e. The number of ether oxygens (including phenoxy) is 2. The number of amides is 3. The van der Waals surface area contributed by atoms with E-state index < -0.39 is 29.6 Å². The van der Waals surface area contributed by atoms with Gasteiger partial charge in [0.2, 0.25) is 5.91 Å². The Morgan fingerprint density at radius 3 is 2.27 bits per heavy atom. The number of benzene rings is 1. The van der Waals surface area contributed by atoms with Gasteiger partial charge >= 0.3 is 12.1 Å². The van der Waals surface area contributed by atoms with Crippen LogP contribution in [0.15, 0.2) is 36.4 Å². The third-order valence-corrected chi connectivity index (χ3v) is 6.63. The van der Waals surface area contributed by atoms with Crippen molar-refractivity contribution < 1.29 is 28.7 Å². The van der Waals surface area contributed by atoms with E-state index in [4.69, 9.17) is 9.47 Å². The van der Waals surface area contributed by atoms with Crippen molar-refractivity contribution in [3.05, 3.63) is 42.1 Å². The molecule has 1 atom stereocenters. The Labute approximate surface area is 259 Å². The molecule has 2 N–H and O–H groups in total. The fourth-order valence-electron chi connectivity index (χ4n) is 4.47. The molecule has 0 spiro atoms. The molecular weight excluding hydrogens is 566 g/mol. The van der Waals surface area contributed by atoms with Gasteiger partial charge in [-0.2, -0.15) is 0 Å². The zero-order valence-electron chi connectivity index (χ0n) is 26.6. The third-order valence-electron chi connectivity index (χ3n) is 6.63. The molecule has 1 saturated heterocycles.